The SMILES string of the molecule is CNC(C)(C)C(C[NH3+])C(C)=O. The number of hydrogen-bond donors (Lipinski definition) is 2. The van der Waals surface area contributed by atoms with Gasteiger partial charge in [0.2, 0.25) is 0 Å². The minimum Gasteiger partial charge on any atom is -0.357 e. The van der Waals surface area contributed by atoms with E-state index in [0.717, 1.165) is 0 Å². The summed E-state index contributed by atoms with van der Waals surface area (Å²) in [5.41, 5.74) is 3.63. The highest BCUT2D eigenvalue weighted by Gasteiger charge is 2.31. The van der Waals surface area contributed by atoms with Crippen molar-refractivity contribution in [2.75, 3.05) is 13.6 Å². The van der Waals surface area contributed by atoms with E-state index in [9.17, 15) is 4.79 Å². The van der Waals surface area contributed by atoms with Crippen LogP contribution in [0, 0.1) is 5.92 Å². The smallest absolute Gasteiger partial charge is 0.140 e. The normalized spacial score (nSPS) is 14.6. The molecule has 0 bridgehead atoms. The van der Waals surface area contributed by atoms with Crippen LogP contribution >= 0.6 is 0 Å². The standard InChI is InChI=1S/C8H18N2O/c1-6(11)7(5-9)8(2,3)10-4/h7,10H,5,9H2,1-4H3/p+1. The van der Waals surface area contributed by atoms with Gasteiger partial charge in [0.25, 0.3) is 0 Å². The third-order valence-corrected chi connectivity index (χ3v) is 2.29. The summed E-state index contributed by atoms with van der Waals surface area (Å²) in [4.78, 5) is 11.1. The molecule has 0 aromatic carbocycles. The van der Waals surface area contributed by atoms with Crippen molar-refractivity contribution in [3.63, 3.8) is 0 Å². The molecular weight excluding hydrogens is 140 g/mol. The third kappa shape index (κ3) is 2.60. The van der Waals surface area contributed by atoms with Gasteiger partial charge in [-0.1, -0.05) is 0 Å². The van der Waals surface area contributed by atoms with Gasteiger partial charge >= 0.3 is 0 Å². The van der Waals surface area contributed by atoms with E-state index in [1.165, 1.54) is 0 Å². The molecular formula is C8H19N2O+. The van der Waals surface area contributed by atoms with Gasteiger partial charge in [0.1, 0.15) is 5.78 Å². The quantitative estimate of drug-likeness (QED) is 0.577. The second-order valence-electron chi connectivity index (χ2n) is 3.42. The summed E-state index contributed by atoms with van der Waals surface area (Å²) < 4.78 is 0. The first-order chi connectivity index (χ1) is 4.95. The highest BCUT2D eigenvalue weighted by Crippen LogP contribution is 2.14. The number of rotatable bonds is 4. The topological polar surface area (TPSA) is 56.7 Å². The lowest BCUT2D eigenvalue weighted by Gasteiger charge is -2.29. The molecule has 0 radical (unpaired) electrons. The van der Waals surface area contributed by atoms with Gasteiger partial charge in [0.15, 0.2) is 0 Å². The van der Waals surface area contributed by atoms with Gasteiger partial charge in [0.05, 0.1) is 12.5 Å². The average molecular weight is 159 g/mol. The summed E-state index contributed by atoms with van der Waals surface area (Å²) in [6, 6.07) is 0. The molecule has 1 unspecified atom stereocenters. The van der Waals surface area contributed by atoms with E-state index in [0.29, 0.717) is 6.54 Å². The van der Waals surface area contributed by atoms with E-state index in [2.05, 4.69) is 11.1 Å². The summed E-state index contributed by atoms with van der Waals surface area (Å²) in [7, 11) is 1.87. The average Bonchev–Trinajstić information content (AvgIpc) is 1.88. The first-order valence-corrected chi connectivity index (χ1v) is 3.94. The molecule has 0 saturated carbocycles. The van der Waals surface area contributed by atoms with E-state index in [4.69, 9.17) is 0 Å². The molecule has 0 aliphatic carbocycles. The van der Waals surface area contributed by atoms with Crippen molar-refractivity contribution in [2.24, 2.45) is 5.92 Å². The maximum Gasteiger partial charge on any atom is 0.140 e. The maximum absolute atomic E-state index is 11.1. The number of nitrogens with one attached hydrogen (secondary N) is 1. The van der Waals surface area contributed by atoms with E-state index in [-0.39, 0.29) is 17.2 Å². The van der Waals surface area contributed by atoms with E-state index < -0.39 is 0 Å². The third-order valence-electron chi connectivity index (χ3n) is 2.29. The second-order valence-corrected chi connectivity index (χ2v) is 3.42. The van der Waals surface area contributed by atoms with Gasteiger partial charge in [-0.2, -0.15) is 0 Å². The zero-order valence-electron chi connectivity index (χ0n) is 7.90. The number of quaternary nitrogens is 1. The Morgan fingerprint density at radius 1 is 1.64 bits per heavy atom. The molecule has 0 aromatic rings. The number of carbonyl (C=O) groups is 1. The summed E-state index contributed by atoms with van der Waals surface area (Å²) in [5, 5.41) is 3.11. The monoisotopic (exact) mass is 159 g/mol. The molecule has 66 valence electrons. The summed E-state index contributed by atoms with van der Waals surface area (Å²) in [6.07, 6.45) is 0. The lowest BCUT2D eigenvalue weighted by atomic mass is 9.85. The molecule has 0 rings (SSSR count). The van der Waals surface area contributed by atoms with Gasteiger partial charge in [-0.15, -0.1) is 0 Å². The minimum absolute atomic E-state index is 0.0208. The lowest BCUT2D eigenvalue weighted by molar-refractivity contribution is -0.378. The summed E-state index contributed by atoms with van der Waals surface area (Å²) >= 11 is 0. The molecule has 3 nitrogen and oxygen atoms in total. The fourth-order valence-corrected chi connectivity index (χ4v) is 1.25. The second kappa shape index (κ2) is 3.83. The highest BCUT2D eigenvalue weighted by atomic mass is 16.1. The van der Waals surface area contributed by atoms with Crippen LogP contribution in [-0.2, 0) is 4.79 Å². The number of carbonyl (C=O) groups excluding carboxylic acids is 1. The van der Waals surface area contributed by atoms with Crippen LogP contribution in [-0.4, -0.2) is 24.9 Å². The molecule has 3 heteroatoms. The van der Waals surface area contributed by atoms with Crippen molar-refractivity contribution in [1.82, 2.24) is 5.32 Å². The van der Waals surface area contributed by atoms with Crippen LogP contribution in [0.15, 0.2) is 0 Å². The fourth-order valence-electron chi connectivity index (χ4n) is 1.25. The Morgan fingerprint density at radius 2 is 2.09 bits per heavy atom. The number of hydrogen-bond acceptors (Lipinski definition) is 2. The molecule has 0 spiro atoms. The summed E-state index contributed by atoms with van der Waals surface area (Å²) in [6.45, 7) is 6.31. The first kappa shape index (κ1) is 10.6. The molecule has 0 heterocycles. The minimum atomic E-state index is -0.131. The van der Waals surface area contributed by atoms with Crippen LogP contribution in [0.25, 0.3) is 0 Å². The molecule has 0 amide bonds. The Labute approximate surface area is 68.3 Å². The van der Waals surface area contributed by atoms with Crippen LogP contribution in [0.4, 0.5) is 0 Å². The molecule has 0 saturated heterocycles. The first-order valence-electron chi connectivity index (χ1n) is 3.94. The molecule has 0 aliphatic rings. The Kier molecular flexibility index (Phi) is 3.69. The van der Waals surface area contributed by atoms with Crippen LogP contribution in [0.1, 0.15) is 20.8 Å². The predicted molar refractivity (Wildman–Crippen MR) is 45.1 cm³/mol. The van der Waals surface area contributed by atoms with E-state index in [1.54, 1.807) is 6.92 Å². The Bertz CT molecular complexity index is 143. The fraction of sp³-hybridized carbons (Fsp3) is 0.875. The van der Waals surface area contributed by atoms with Crippen molar-refractivity contribution >= 4 is 5.78 Å². The van der Waals surface area contributed by atoms with Gasteiger partial charge in [-0.25, -0.2) is 0 Å². The van der Waals surface area contributed by atoms with Crippen LogP contribution in [0.3, 0.4) is 0 Å². The van der Waals surface area contributed by atoms with Crippen molar-refractivity contribution < 1.29 is 10.5 Å². The van der Waals surface area contributed by atoms with Gasteiger partial charge in [-0.05, 0) is 27.8 Å². The van der Waals surface area contributed by atoms with Gasteiger partial charge < -0.3 is 11.1 Å². The van der Waals surface area contributed by atoms with Crippen LogP contribution < -0.4 is 11.1 Å². The number of Topliss-reactive ketones (excluding diaryl/α,β-unsaturated/α-hetero) is 1. The van der Waals surface area contributed by atoms with Gasteiger partial charge in [-0.3, -0.25) is 4.79 Å². The molecule has 0 fully saturated rings. The highest BCUT2D eigenvalue weighted by molar-refractivity contribution is 5.79. The zero-order chi connectivity index (χ0) is 9.07. The number of ketones is 1. The molecule has 1 atom stereocenters. The van der Waals surface area contributed by atoms with Crippen molar-refractivity contribution in [1.29, 1.82) is 0 Å². The lowest BCUT2D eigenvalue weighted by Crippen LogP contribution is -2.62. The van der Waals surface area contributed by atoms with Crippen LogP contribution in [0.2, 0.25) is 0 Å². The molecule has 0 aromatic heterocycles. The van der Waals surface area contributed by atoms with E-state index >= 15 is 0 Å². The Balaban J connectivity index is 4.36. The van der Waals surface area contributed by atoms with Crippen LogP contribution in [0.5, 0.6) is 0 Å². The van der Waals surface area contributed by atoms with Crippen molar-refractivity contribution in [3.8, 4) is 0 Å². The van der Waals surface area contributed by atoms with E-state index in [1.807, 2.05) is 20.9 Å². The zero-order valence-corrected chi connectivity index (χ0v) is 7.90. The summed E-state index contributed by atoms with van der Waals surface area (Å²) in [5.74, 6) is 0.229. The van der Waals surface area contributed by atoms with Crippen molar-refractivity contribution in [3.05, 3.63) is 0 Å². The van der Waals surface area contributed by atoms with Crippen molar-refractivity contribution in [2.45, 2.75) is 26.3 Å². The Hall–Kier alpha value is -0.410. The van der Waals surface area contributed by atoms with Gasteiger partial charge in [0, 0.05) is 5.54 Å². The molecule has 4 N–H and O–H groups in total. The molecule has 0 aliphatic heterocycles. The predicted octanol–water partition coefficient (Wildman–Crippen LogP) is -0.568. The maximum atomic E-state index is 11.1. The largest absolute Gasteiger partial charge is 0.357 e. The Morgan fingerprint density at radius 3 is 2.18 bits per heavy atom. The molecule has 11 heavy (non-hydrogen) atoms.